The van der Waals surface area contributed by atoms with Crippen molar-refractivity contribution in [3.8, 4) is 11.3 Å². The van der Waals surface area contributed by atoms with Crippen molar-refractivity contribution in [2.24, 2.45) is 0 Å². The van der Waals surface area contributed by atoms with Gasteiger partial charge in [0.1, 0.15) is 0 Å². The Kier molecular flexibility index (Phi) is 8.02. The number of rotatable bonds is 9. The first kappa shape index (κ1) is 24.7. The van der Waals surface area contributed by atoms with E-state index in [0.29, 0.717) is 0 Å². The molecule has 2 heteroatoms. The molecule has 35 heavy (non-hydrogen) atoms. The highest BCUT2D eigenvalue weighted by Gasteiger charge is 2.23. The standard InChI is InChI=1S/C33H38N2/c1-6-13-27-17-11-18-28(14-7-2)32(27)35-33(31-24(4)21-23(3)22-25(31)5)30-20-12-19-29(34-30)26-15-9-8-10-16-26/h8-12,15-22,33,35H,6-7,13-14H2,1-5H3. The molecule has 0 radical (unpaired) electrons. The van der Waals surface area contributed by atoms with Crippen molar-refractivity contribution in [3.05, 3.63) is 118 Å². The van der Waals surface area contributed by atoms with E-state index < -0.39 is 0 Å². The summed E-state index contributed by atoms with van der Waals surface area (Å²) in [4.78, 5) is 5.21. The number of nitrogens with one attached hydrogen (secondary N) is 1. The van der Waals surface area contributed by atoms with Gasteiger partial charge >= 0.3 is 0 Å². The molecule has 0 aliphatic heterocycles. The van der Waals surface area contributed by atoms with Crippen molar-refractivity contribution in [2.45, 2.75) is 66.3 Å². The molecule has 2 nitrogen and oxygen atoms in total. The second kappa shape index (κ2) is 11.4. The third-order valence-corrected chi connectivity index (χ3v) is 6.73. The zero-order valence-electron chi connectivity index (χ0n) is 21.9. The molecule has 0 aliphatic rings. The van der Waals surface area contributed by atoms with Crippen LogP contribution in [0.3, 0.4) is 0 Å². The van der Waals surface area contributed by atoms with Crippen molar-refractivity contribution in [2.75, 3.05) is 5.32 Å². The molecule has 0 aliphatic carbocycles. The van der Waals surface area contributed by atoms with E-state index in [0.717, 1.165) is 42.6 Å². The summed E-state index contributed by atoms with van der Waals surface area (Å²) in [6.07, 6.45) is 4.38. The smallest absolute Gasteiger partial charge is 0.0945 e. The Labute approximate surface area is 211 Å². The summed E-state index contributed by atoms with van der Waals surface area (Å²) in [5.41, 5.74) is 12.5. The SMILES string of the molecule is CCCc1cccc(CCC)c1NC(c1cccc(-c2ccccc2)n1)c1c(C)cc(C)cc1C. The van der Waals surface area contributed by atoms with E-state index in [1.165, 1.54) is 39.1 Å². The van der Waals surface area contributed by atoms with Gasteiger partial charge in [-0.05, 0) is 73.6 Å². The van der Waals surface area contributed by atoms with Crippen LogP contribution < -0.4 is 5.32 Å². The summed E-state index contributed by atoms with van der Waals surface area (Å²) < 4.78 is 0. The van der Waals surface area contributed by atoms with Gasteiger partial charge in [0.15, 0.2) is 0 Å². The lowest BCUT2D eigenvalue weighted by atomic mass is 9.90. The summed E-state index contributed by atoms with van der Waals surface area (Å²) in [5.74, 6) is 0. The van der Waals surface area contributed by atoms with Gasteiger partial charge in [0.2, 0.25) is 0 Å². The predicted octanol–water partition coefficient (Wildman–Crippen LogP) is 8.78. The molecule has 0 spiro atoms. The molecule has 4 aromatic rings. The van der Waals surface area contributed by atoms with Crippen molar-refractivity contribution in [3.63, 3.8) is 0 Å². The van der Waals surface area contributed by atoms with Gasteiger partial charge in [-0.15, -0.1) is 0 Å². The van der Waals surface area contributed by atoms with Crippen LogP contribution in [0.15, 0.2) is 78.9 Å². The molecule has 3 aromatic carbocycles. The van der Waals surface area contributed by atoms with Crippen molar-refractivity contribution < 1.29 is 0 Å². The van der Waals surface area contributed by atoms with E-state index in [4.69, 9.17) is 4.98 Å². The summed E-state index contributed by atoms with van der Waals surface area (Å²) >= 11 is 0. The third-order valence-electron chi connectivity index (χ3n) is 6.73. The van der Waals surface area contributed by atoms with Crippen LogP contribution in [0.4, 0.5) is 5.69 Å². The van der Waals surface area contributed by atoms with Crippen LogP contribution in [0.5, 0.6) is 0 Å². The van der Waals surface area contributed by atoms with Crippen LogP contribution in [0.1, 0.15) is 71.8 Å². The number of aromatic nitrogens is 1. The molecule has 1 N–H and O–H groups in total. The lowest BCUT2D eigenvalue weighted by Gasteiger charge is -2.27. The van der Waals surface area contributed by atoms with Crippen molar-refractivity contribution in [1.82, 2.24) is 4.98 Å². The van der Waals surface area contributed by atoms with Crippen LogP contribution in [0.2, 0.25) is 0 Å². The van der Waals surface area contributed by atoms with Crippen molar-refractivity contribution >= 4 is 5.69 Å². The van der Waals surface area contributed by atoms with Crippen molar-refractivity contribution in [1.29, 1.82) is 0 Å². The number of pyridine rings is 1. The zero-order valence-corrected chi connectivity index (χ0v) is 21.9. The highest BCUT2D eigenvalue weighted by atomic mass is 15.0. The molecule has 1 atom stereocenters. The Bertz CT molecular complexity index is 1230. The van der Waals surface area contributed by atoms with E-state index in [1.54, 1.807) is 0 Å². The fraction of sp³-hybridized carbons (Fsp3) is 0.303. The lowest BCUT2D eigenvalue weighted by Crippen LogP contribution is -2.19. The van der Waals surface area contributed by atoms with Gasteiger partial charge in [-0.2, -0.15) is 0 Å². The molecule has 0 fully saturated rings. The Morgan fingerprint density at radius 3 is 1.91 bits per heavy atom. The average Bonchev–Trinajstić information content (AvgIpc) is 2.85. The number of aryl methyl sites for hydroxylation is 5. The fourth-order valence-electron chi connectivity index (χ4n) is 5.26. The molecule has 0 saturated heterocycles. The molecule has 4 rings (SSSR count). The second-order valence-electron chi connectivity index (χ2n) is 9.65. The predicted molar refractivity (Wildman–Crippen MR) is 150 cm³/mol. The van der Waals surface area contributed by atoms with Crippen LogP contribution in [-0.2, 0) is 12.8 Å². The summed E-state index contributed by atoms with van der Waals surface area (Å²) in [6, 6.07) is 28.2. The number of anilines is 1. The Balaban J connectivity index is 1.89. The third kappa shape index (κ3) is 5.65. The van der Waals surface area contributed by atoms with Crippen LogP contribution in [-0.4, -0.2) is 4.98 Å². The fourth-order valence-corrected chi connectivity index (χ4v) is 5.26. The summed E-state index contributed by atoms with van der Waals surface area (Å²) in [7, 11) is 0. The molecular weight excluding hydrogens is 424 g/mol. The van der Waals surface area contributed by atoms with Gasteiger partial charge in [-0.1, -0.05) is 99.0 Å². The first-order chi connectivity index (χ1) is 17.0. The summed E-state index contributed by atoms with van der Waals surface area (Å²) in [5, 5.41) is 4.04. The Morgan fingerprint density at radius 1 is 0.714 bits per heavy atom. The minimum Gasteiger partial charge on any atom is -0.372 e. The maximum absolute atomic E-state index is 5.21. The van der Waals surface area contributed by atoms with E-state index in [-0.39, 0.29) is 6.04 Å². The monoisotopic (exact) mass is 462 g/mol. The lowest BCUT2D eigenvalue weighted by molar-refractivity contribution is 0.843. The quantitative estimate of drug-likeness (QED) is 0.269. The van der Waals surface area contributed by atoms with Crippen LogP contribution in [0, 0.1) is 20.8 Å². The van der Waals surface area contributed by atoms with Gasteiger partial charge < -0.3 is 5.32 Å². The van der Waals surface area contributed by atoms with E-state index in [2.05, 4.69) is 119 Å². The minimum absolute atomic E-state index is 0.0344. The number of hydrogen-bond acceptors (Lipinski definition) is 2. The first-order valence-electron chi connectivity index (χ1n) is 13.0. The normalized spacial score (nSPS) is 11.9. The molecule has 1 unspecified atom stereocenters. The van der Waals surface area contributed by atoms with Gasteiger partial charge in [0.25, 0.3) is 0 Å². The van der Waals surface area contributed by atoms with E-state index in [1.807, 2.05) is 0 Å². The van der Waals surface area contributed by atoms with Gasteiger partial charge in [-0.3, -0.25) is 4.98 Å². The molecular formula is C33H38N2. The number of hydrogen-bond donors (Lipinski definition) is 1. The minimum atomic E-state index is -0.0344. The maximum atomic E-state index is 5.21. The average molecular weight is 463 g/mol. The summed E-state index contributed by atoms with van der Waals surface area (Å²) in [6.45, 7) is 11.2. The molecule has 0 amide bonds. The van der Waals surface area contributed by atoms with Gasteiger partial charge in [0, 0.05) is 11.3 Å². The topological polar surface area (TPSA) is 24.9 Å². The highest BCUT2D eigenvalue weighted by molar-refractivity contribution is 5.63. The molecule has 180 valence electrons. The van der Waals surface area contributed by atoms with Gasteiger partial charge in [0.05, 0.1) is 17.4 Å². The second-order valence-corrected chi connectivity index (χ2v) is 9.65. The molecule has 0 bridgehead atoms. The Hall–Kier alpha value is -3.39. The Morgan fingerprint density at radius 2 is 1.31 bits per heavy atom. The van der Waals surface area contributed by atoms with Crippen LogP contribution in [0.25, 0.3) is 11.3 Å². The van der Waals surface area contributed by atoms with Gasteiger partial charge in [-0.25, -0.2) is 0 Å². The largest absolute Gasteiger partial charge is 0.372 e. The number of benzene rings is 3. The molecule has 1 heterocycles. The maximum Gasteiger partial charge on any atom is 0.0945 e. The van der Waals surface area contributed by atoms with Crippen LogP contribution >= 0.6 is 0 Å². The highest BCUT2D eigenvalue weighted by Crippen LogP contribution is 2.35. The number of nitrogens with zero attached hydrogens (tertiary/aromatic N) is 1. The molecule has 0 saturated carbocycles. The first-order valence-corrected chi connectivity index (χ1v) is 13.0. The van der Waals surface area contributed by atoms with E-state index in [9.17, 15) is 0 Å². The zero-order chi connectivity index (χ0) is 24.8. The van der Waals surface area contributed by atoms with E-state index >= 15 is 0 Å². The number of para-hydroxylation sites is 1. The molecule has 1 aromatic heterocycles.